The monoisotopic (exact) mass is 243 g/mol. The van der Waals surface area contributed by atoms with Gasteiger partial charge >= 0.3 is 0 Å². The molecule has 1 unspecified atom stereocenters. The molecular formula is C14H29NO2. The summed E-state index contributed by atoms with van der Waals surface area (Å²) in [6, 6.07) is 0.630. The van der Waals surface area contributed by atoms with E-state index in [2.05, 4.69) is 18.7 Å². The molecule has 1 atom stereocenters. The highest BCUT2D eigenvalue weighted by atomic mass is 16.3. The molecule has 0 aromatic carbocycles. The van der Waals surface area contributed by atoms with Gasteiger partial charge in [0, 0.05) is 31.2 Å². The second-order valence-corrected chi connectivity index (χ2v) is 5.85. The summed E-state index contributed by atoms with van der Waals surface area (Å²) in [6.07, 6.45) is 7.31. The molecule has 17 heavy (non-hydrogen) atoms. The first-order valence-electron chi connectivity index (χ1n) is 7.11. The molecule has 0 bridgehead atoms. The second kappa shape index (κ2) is 7.34. The minimum absolute atomic E-state index is 0.00743. The fourth-order valence-electron chi connectivity index (χ4n) is 3.09. The molecule has 0 radical (unpaired) electrons. The first kappa shape index (κ1) is 14.9. The SMILES string of the molecule is CCCC(C)(CO)CN(CCO)C1CCCC1. The van der Waals surface area contributed by atoms with Crippen molar-refractivity contribution < 1.29 is 10.2 Å². The quantitative estimate of drug-likeness (QED) is 0.685. The third-order valence-corrected chi connectivity index (χ3v) is 4.05. The van der Waals surface area contributed by atoms with Gasteiger partial charge in [0.1, 0.15) is 0 Å². The highest BCUT2D eigenvalue weighted by Crippen LogP contribution is 2.29. The maximum atomic E-state index is 9.59. The van der Waals surface area contributed by atoms with Gasteiger partial charge in [-0.05, 0) is 19.3 Å². The molecule has 1 rings (SSSR count). The van der Waals surface area contributed by atoms with Crippen LogP contribution in [0.1, 0.15) is 52.4 Å². The Hall–Kier alpha value is -0.120. The molecule has 0 aromatic heterocycles. The van der Waals surface area contributed by atoms with E-state index in [1.165, 1.54) is 25.7 Å². The summed E-state index contributed by atoms with van der Waals surface area (Å²) in [7, 11) is 0. The van der Waals surface area contributed by atoms with Crippen molar-refractivity contribution in [2.24, 2.45) is 5.41 Å². The molecule has 3 nitrogen and oxygen atoms in total. The zero-order chi connectivity index (χ0) is 12.7. The summed E-state index contributed by atoms with van der Waals surface area (Å²) in [4.78, 5) is 2.40. The minimum atomic E-state index is -0.00743. The van der Waals surface area contributed by atoms with Crippen LogP contribution in [-0.2, 0) is 0 Å². The van der Waals surface area contributed by atoms with Gasteiger partial charge in [0.2, 0.25) is 0 Å². The lowest BCUT2D eigenvalue weighted by Gasteiger charge is -2.37. The lowest BCUT2D eigenvalue weighted by atomic mass is 9.85. The van der Waals surface area contributed by atoms with Gasteiger partial charge in [-0.15, -0.1) is 0 Å². The third-order valence-electron chi connectivity index (χ3n) is 4.05. The van der Waals surface area contributed by atoms with Gasteiger partial charge in [-0.25, -0.2) is 0 Å². The van der Waals surface area contributed by atoms with E-state index in [0.29, 0.717) is 6.04 Å². The maximum Gasteiger partial charge on any atom is 0.0558 e. The molecule has 1 aliphatic rings. The zero-order valence-electron chi connectivity index (χ0n) is 11.5. The number of aliphatic hydroxyl groups is 2. The largest absolute Gasteiger partial charge is 0.396 e. The molecule has 0 heterocycles. The topological polar surface area (TPSA) is 43.7 Å². The van der Waals surface area contributed by atoms with Crippen LogP contribution in [0.2, 0.25) is 0 Å². The summed E-state index contributed by atoms with van der Waals surface area (Å²) in [5, 5.41) is 18.8. The van der Waals surface area contributed by atoms with Crippen molar-refractivity contribution in [2.75, 3.05) is 26.3 Å². The lowest BCUT2D eigenvalue weighted by molar-refractivity contribution is 0.0501. The molecule has 3 heteroatoms. The molecule has 2 N–H and O–H groups in total. The van der Waals surface area contributed by atoms with Crippen LogP contribution in [0.25, 0.3) is 0 Å². The summed E-state index contributed by atoms with van der Waals surface area (Å²) in [5.74, 6) is 0. The molecule has 1 fully saturated rings. The molecule has 0 aliphatic heterocycles. The van der Waals surface area contributed by atoms with Crippen LogP contribution in [-0.4, -0.2) is 47.5 Å². The molecule has 1 saturated carbocycles. The van der Waals surface area contributed by atoms with E-state index in [0.717, 1.165) is 25.9 Å². The molecule has 0 spiro atoms. The van der Waals surface area contributed by atoms with Crippen LogP contribution in [0.3, 0.4) is 0 Å². The highest BCUT2D eigenvalue weighted by molar-refractivity contribution is 4.84. The zero-order valence-corrected chi connectivity index (χ0v) is 11.5. The molecule has 0 aromatic rings. The molecule has 102 valence electrons. The van der Waals surface area contributed by atoms with E-state index in [1.54, 1.807) is 0 Å². The average molecular weight is 243 g/mol. The van der Waals surface area contributed by atoms with Gasteiger partial charge in [0.25, 0.3) is 0 Å². The standard InChI is InChI=1S/C14H29NO2/c1-3-8-14(2,12-17)11-15(9-10-16)13-6-4-5-7-13/h13,16-17H,3-12H2,1-2H3. The normalized spacial score (nSPS) is 21.0. The van der Waals surface area contributed by atoms with Crippen LogP contribution in [0.15, 0.2) is 0 Å². The first-order valence-corrected chi connectivity index (χ1v) is 7.11. The predicted molar refractivity (Wildman–Crippen MR) is 71.0 cm³/mol. The first-order chi connectivity index (χ1) is 8.15. The summed E-state index contributed by atoms with van der Waals surface area (Å²) < 4.78 is 0. The van der Waals surface area contributed by atoms with E-state index < -0.39 is 0 Å². The van der Waals surface area contributed by atoms with Crippen molar-refractivity contribution in [3.05, 3.63) is 0 Å². The number of rotatable bonds is 8. The third kappa shape index (κ3) is 4.57. The predicted octanol–water partition coefficient (Wildman–Crippen LogP) is 2.02. The Labute approximate surface area is 106 Å². The highest BCUT2D eigenvalue weighted by Gasteiger charge is 2.30. The summed E-state index contributed by atoms with van der Waals surface area (Å²) >= 11 is 0. The van der Waals surface area contributed by atoms with Crippen molar-refractivity contribution in [3.63, 3.8) is 0 Å². The Morgan fingerprint density at radius 2 is 1.88 bits per heavy atom. The molecule has 1 aliphatic carbocycles. The Balaban J connectivity index is 2.56. The van der Waals surface area contributed by atoms with E-state index in [9.17, 15) is 10.2 Å². The van der Waals surface area contributed by atoms with Crippen molar-refractivity contribution >= 4 is 0 Å². The van der Waals surface area contributed by atoms with Gasteiger partial charge in [-0.1, -0.05) is 33.1 Å². The van der Waals surface area contributed by atoms with Crippen molar-refractivity contribution in [2.45, 2.75) is 58.4 Å². The molecule has 0 saturated heterocycles. The van der Waals surface area contributed by atoms with E-state index in [4.69, 9.17) is 0 Å². The fourth-order valence-corrected chi connectivity index (χ4v) is 3.09. The van der Waals surface area contributed by atoms with Crippen LogP contribution in [0.5, 0.6) is 0 Å². The Morgan fingerprint density at radius 1 is 1.24 bits per heavy atom. The number of nitrogens with zero attached hydrogens (tertiary/aromatic N) is 1. The second-order valence-electron chi connectivity index (χ2n) is 5.85. The Bertz CT molecular complexity index is 204. The number of aliphatic hydroxyl groups excluding tert-OH is 2. The van der Waals surface area contributed by atoms with Gasteiger partial charge in [0.05, 0.1) is 6.61 Å². The minimum Gasteiger partial charge on any atom is -0.396 e. The summed E-state index contributed by atoms with van der Waals surface area (Å²) in [6.45, 7) is 6.47. The average Bonchev–Trinajstić information content (AvgIpc) is 2.82. The van der Waals surface area contributed by atoms with Crippen LogP contribution in [0, 0.1) is 5.41 Å². The van der Waals surface area contributed by atoms with E-state index >= 15 is 0 Å². The summed E-state index contributed by atoms with van der Waals surface area (Å²) in [5.41, 5.74) is -0.00743. The van der Waals surface area contributed by atoms with Crippen molar-refractivity contribution in [1.82, 2.24) is 4.90 Å². The molecular weight excluding hydrogens is 214 g/mol. The fraction of sp³-hybridized carbons (Fsp3) is 1.00. The van der Waals surface area contributed by atoms with Gasteiger partial charge in [-0.2, -0.15) is 0 Å². The van der Waals surface area contributed by atoms with Crippen molar-refractivity contribution in [1.29, 1.82) is 0 Å². The van der Waals surface area contributed by atoms with E-state index in [-0.39, 0.29) is 18.6 Å². The van der Waals surface area contributed by atoms with Gasteiger partial charge in [-0.3, -0.25) is 4.90 Å². The smallest absolute Gasteiger partial charge is 0.0558 e. The number of hydrogen-bond acceptors (Lipinski definition) is 3. The number of hydrogen-bond donors (Lipinski definition) is 2. The Kier molecular flexibility index (Phi) is 6.45. The maximum absolute atomic E-state index is 9.59. The van der Waals surface area contributed by atoms with Crippen LogP contribution in [0.4, 0.5) is 0 Å². The van der Waals surface area contributed by atoms with E-state index in [1.807, 2.05) is 0 Å². The van der Waals surface area contributed by atoms with Crippen molar-refractivity contribution in [3.8, 4) is 0 Å². The van der Waals surface area contributed by atoms with Gasteiger partial charge in [0.15, 0.2) is 0 Å². The Morgan fingerprint density at radius 3 is 2.35 bits per heavy atom. The van der Waals surface area contributed by atoms with Crippen LogP contribution >= 0.6 is 0 Å². The van der Waals surface area contributed by atoms with Crippen LogP contribution < -0.4 is 0 Å². The lowest BCUT2D eigenvalue weighted by Crippen LogP contribution is -2.44. The van der Waals surface area contributed by atoms with Gasteiger partial charge < -0.3 is 10.2 Å². The molecule has 0 amide bonds.